The standard InChI is InChI=1S/C23H29N3O5S.C2HF3O2/c1-3-13-24-22(27)17-11-14-26(15-12-17)23(28)18-7-9-19(10-8-18)25-32(29,30)21-6-4-5-20(16-21)31-2;3-2(4,5)1(6)7/h4-10,16-17,25H,3,11-15H2,1-2H3,(H,24,27);(H,6,7). The van der Waals surface area contributed by atoms with E-state index < -0.39 is 22.2 Å². The normalized spacial score (nSPS) is 14.0. The zero-order chi connectivity index (χ0) is 29.2. The van der Waals surface area contributed by atoms with Gasteiger partial charge in [-0.3, -0.25) is 14.3 Å². The number of hydrogen-bond donors (Lipinski definition) is 3. The molecule has 10 nitrogen and oxygen atoms in total. The van der Waals surface area contributed by atoms with Crippen molar-refractivity contribution in [2.24, 2.45) is 5.92 Å². The smallest absolute Gasteiger partial charge is 0.490 e. The Balaban J connectivity index is 0.000000673. The molecule has 0 atom stereocenters. The highest BCUT2D eigenvalue weighted by molar-refractivity contribution is 7.92. The van der Waals surface area contributed by atoms with Gasteiger partial charge in [0.1, 0.15) is 5.75 Å². The maximum atomic E-state index is 12.8. The van der Waals surface area contributed by atoms with Gasteiger partial charge in [-0.05, 0) is 55.7 Å². The second-order valence-electron chi connectivity index (χ2n) is 8.52. The summed E-state index contributed by atoms with van der Waals surface area (Å²) in [5.41, 5.74) is 0.832. The largest absolute Gasteiger partial charge is 0.497 e. The number of alkyl halides is 3. The first-order valence-corrected chi connectivity index (χ1v) is 13.4. The number of halogens is 3. The SMILES string of the molecule is CCCNC(=O)C1CCN(C(=O)c2ccc(NS(=O)(=O)c3cccc(OC)c3)cc2)CC1.O=C(O)C(F)(F)F. The summed E-state index contributed by atoms with van der Waals surface area (Å²) in [6, 6.07) is 12.5. The zero-order valence-corrected chi connectivity index (χ0v) is 22.1. The van der Waals surface area contributed by atoms with E-state index in [0.717, 1.165) is 6.42 Å². The van der Waals surface area contributed by atoms with E-state index >= 15 is 0 Å². The Morgan fingerprint density at radius 3 is 2.18 bits per heavy atom. The van der Waals surface area contributed by atoms with Crippen LogP contribution in [0.1, 0.15) is 36.5 Å². The molecule has 2 aromatic carbocycles. The Morgan fingerprint density at radius 2 is 1.67 bits per heavy atom. The minimum absolute atomic E-state index is 0.0565. The molecule has 0 saturated carbocycles. The lowest BCUT2D eigenvalue weighted by Gasteiger charge is -2.31. The Labute approximate surface area is 224 Å². The van der Waals surface area contributed by atoms with Gasteiger partial charge in [-0.25, -0.2) is 13.2 Å². The van der Waals surface area contributed by atoms with Crippen LogP contribution in [0.15, 0.2) is 53.4 Å². The molecule has 0 bridgehead atoms. The van der Waals surface area contributed by atoms with Gasteiger partial charge in [-0.2, -0.15) is 13.2 Å². The van der Waals surface area contributed by atoms with Gasteiger partial charge in [-0.1, -0.05) is 13.0 Å². The summed E-state index contributed by atoms with van der Waals surface area (Å²) < 4.78 is 64.6. The molecule has 0 radical (unpaired) electrons. The third kappa shape index (κ3) is 9.46. The van der Waals surface area contributed by atoms with Gasteiger partial charge in [0.15, 0.2) is 0 Å². The van der Waals surface area contributed by atoms with Crippen LogP contribution in [0.4, 0.5) is 18.9 Å². The lowest BCUT2D eigenvalue weighted by Crippen LogP contribution is -2.43. The number of carboxylic acids is 1. The maximum absolute atomic E-state index is 12.8. The molecule has 0 aliphatic carbocycles. The highest BCUT2D eigenvalue weighted by atomic mass is 32.2. The second-order valence-corrected chi connectivity index (χ2v) is 10.2. The van der Waals surface area contributed by atoms with Crippen molar-refractivity contribution in [1.82, 2.24) is 10.2 Å². The molecular weight excluding hydrogens is 543 g/mol. The van der Waals surface area contributed by atoms with Crippen LogP contribution in [0, 0.1) is 5.92 Å². The number of carbonyl (C=O) groups excluding carboxylic acids is 2. The molecule has 1 fully saturated rings. The van der Waals surface area contributed by atoms with Crippen molar-refractivity contribution in [3.8, 4) is 5.75 Å². The molecule has 214 valence electrons. The minimum Gasteiger partial charge on any atom is -0.497 e. The van der Waals surface area contributed by atoms with Crippen molar-refractivity contribution in [2.45, 2.75) is 37.3 Å². The Bertz CT molecular complexity index is 1240. The highest BCUT2D eigenvalue weighted by Crippen LogP contribution is 2.23. The number of nitrogens with zero attached hydrogens (tertiary/aromatic N) is 1. The zero-order valence-electron chi connectivity index (χ0n) is 21.3. The van der Waals surface area contributed by atoms with Crippen LogP contribution in [-0.4, -0.2) is 69.1 Å². The first-order valence-electron chi connectivity index (χ1n) is 11.9. The van der Waals surface area contributed by atoms with E-state index in [1.165, 1.54) is 19.2 Å². The summed E-state index contributed by atoms with van der Waals surface area (Å²) >= 11 is 0. The lowest BCUT2D eigenvalue weighted by atomic mass is 9.95. The Hall–Kier alpha value is -3.81. The van der Waals surface area contributed by atoms with Crippen LogP contribution >= 0.6 is 0 Å². The van der Waals surface area contributed by atoms with Gasteiger partial charge in [0, 0.05) is 42.9 Å². The van der Waals surface area contributed by atoms with Crippen LogP contribution in [-0.2, 0) is 19.6 Å². The topological polar surface area (TPSA) is 142 Å². The van der Waals surface area contributed by atoms with Crippen molar-refractivity contribution in [1.29, 1.82) is 0 Å². The molecule has 3 rings (SSSR count). The summed E-state index contributed by atoms with van der Waals surface area (Å²) in [7, 11) is -2.31. The van der Waals surface area contributed by atoms with Gasteiger partial charge in [0.05, 0.1) is 12.0 Å². The molecule has 1 aliphatic heterocycles. The van der Waals surface area contributed by atoms with E-state index in [1.54, 1.807) is 41.3 Å². The molecule has 1 heterocycles. The van der Waals surface area contributed by atoms with Crippen LogP contribution in [0.25, 0.3) is 0 Å². The van der Waals surface area contributed by atoms with E-state index in [2.05, 4.69) is 10.0 Å². The summed E-state index contributed by atoms with van der Waals surface area (Å²) in [5, 5.41) is 10.0. The predicted molar refractivity (Wildman–Crippen MR) is 136 cm³/mol. The number of carboxylic acid groups (broad SMARTS) is 1. The van der Waals surface area contributed by atoms with Gasteiger partial charge in [0.25, 0.3) is 15.9 Å². The number of amides is 2. The molecule has 1 saturated heterocycles. The average molecular weight is 574 g/mol. The fraction of sp³-hybridized carbons (Fsp3) is 0.400. The fourth-order valence-corrected chi connectivity index (χ4v) is 4.68. The molecule has 2 amide bonds. The number of sulfonamides is 1. The van der Waals surface area contributed by atoms with Crippen LogP contribution < -0.4 is 14.8 Å². The number of methoxy groups -OCH3 is 1. The number of aliphatic carboxylic acids is 1. The summed E-state index contributed by atoms with van der Waals surface area (Å²) in [6.45, 7) is 3.73. The lowest BCUT2D eigenvalue weighted by molar-refractivity contribution is -0.192. The van der Waals surface area contributed by atoms with Crippen LogP contribution in [0.5, 0.6) is 5.75 Å². The number of rotatable bonds is 8. The van der Waals surface area contributed by atoms with Crippen molar-refractivity contribution >= 4 is 33.5 Å². The highest BCUT2D eigenvalue weighted by Gasteiger charge is 2.38. The summed E-state index contributed by atoms with van der Waals surface area (Å²) in [6.07, 6.45) is -2.91. The number of hydrogen-bond acceptors (Lipinski definition) is 6. The van der Waals surface area contributed by atoms with Crippen LogP contribution in [0.3, 0.4) is 0 Å². The maximum Gasteiger partial charge on any atom is 0.490 e. The van der Waals surface area contributed by atoms with Gasteiger partial charge in [-0.15, -0.1) is 0 Å². The molecule has 2 aromatic rings. The first kappa shape index (κ1) is 31.4. The van der Waals surface area contributed by atoms with Crippen LogP contribution in [0.2, 0.25) is 0 Å². The van der Waals surface area contributed by atoms with Crippen molar-refractivity contribution in [2.75, 3.05) is 31.5 Å². The minimum atomic E-state index is -5.08. The molecule has 14 heteroatoms. The number of carbonyl (C=O) groups is 3. The third-order valence-corrected chi connectivity index (χ3v) is 7.06. The monoisotopic (exact) mass is 573 g/mol. The number of ether oxygens (including phenoxy) is 1. The molecule has 39 heavy (non-hydrogen) atoms. The Kier molecular flexibility index (Phi) is 11.1. The second kappa shape index (κ2) is 13.8. The van der Waals surface area contributed by atoms with Crippen molar-refractivity contribution in [3.05, 3.63) is 54.1 Å². The Morgan fingerprint density at radius 1 is 1.08 bits per heavy atom. The first-order chi connectivity index (χ1) is 18.3. The van der Waals surface area contributed by atoms with E-state index in [9.17, 15) is 31.2 Å². The summed E-state index contributed by atoms with van der Waals surface area (Å²) in [4.78, 5) is 35.6. The number of likely N-dealkylation sites (tertiary alicyclic amines) is 1. The van der Waals surface area contributed by atoms with Gasteiger partial charge < -0.3 is 20.1 Å². The van der Waals surface area contributed by atoms with Crippen molar-refractivity contribution < 1.29 is 45.8 Å². The van der Waals surface area contributed by atoms with E-state index in [0.29, 0.717) is 49.5 Å². The van der Waals surface area contributed by atoms with Crippen molar-refractivity contribution in [3.63, 3.8) is 0 Å². The molecule has 0 spiro atoms. The van der Waals surface area contributed by atoms with E-state index in [4.69, 9.17) is 14.6 Å². The van der Waals surface area contributed by atoms with Gasteiger partial charge in [0.2, 0.25) is 5.91 Å². The molecule has 0 aromatic heterocycles. The summed E-state index contributed by atoms with van der Waals surface area (Å²) in [5.74, 6) is -2.43. The number of anilines is 1. The predicted octanol–water partition coefficient (Wildman–Crippen LogP) is 3.51. The number of nitrogens with one attached hydrogen (secondary N) is 2. The van der Waals surface area contributed by atoms with Gasteiger partial charge >= 0.3 is 12.1 Å². The average Bonchev–Trinajstić information content (AvgIpc) is 2.91. The quantitative estimate of drug-likeness (QED) is 0.439. The van der Waals surface area contributed by atoms with E-state index in [1.807, 2.05) is 6.92 Å². The number of piperidine rings is 1. The van der Waals surface area contributed by atoms with E-state index in [-0.39, 0.29) is 22.6 Å². The molecule has 0 unspecified atom stereocenters. The fourth-order valence-electron chi connectivity index (χ4n) is 3.58. The number of benzene rings is 2. The molecular formula is C25H30F3N3O7S. The third-order valence-electron chi connectivity index (χ3n) is 5.68. The molecule has 3 N–H and O–H groups in total. The molecule has 1 aliphatic rings.